The lowest BCUT2D eigenvalue weighted by Crippen LogP contribution is -2.33. The molecule has 3 heteroatoms. The molecule has 21 heavy (non-hydrogen) atoms. The number of aromatic hydroxyl groups is 1. The maximum atomic E-state index is 10.2. The number of aryl methyl sites for hydroxylation is 2. The highest BCUT2D eigenvalue weighted by Crippen LogP contribution is 2.33. The normalized spacial score (nSPS) is 10.7. The zero-order valence-electron chi connectivity index (χ0n) is 12.0. The Balaban J connectivity index is 1.88. The second kappa shape index (κ2) is 5.83. The van der Waals surface area contributed by atoms with Gasteiger partial charge in [0.25, 0.3) is 0 Å². The summed E-state index contributed by atoms with van der Waals surface area (Å²) in [6, 6.07) is 16.1. The molecule has 2 aromatic carbocycles. The van der Waals surface area contributed by atoms with Gasteiger partial charge in [-0.05, 0) is 23.1 Å². The summed E-state index contributed by atoms with van der Waals surface area (Å²) in [6.45, 7) is 0.872. The van der Waals surface area contributed by atoms with Gasteiger partial charge in [0.1, 0.15) is 0 Å². The molecule has 0 aliphatic carbocycles. The summed E-state index contributed by atoms with van der Waals surface area (Å²) in [7, 11) is 1.56. The van der Waals surface area contributed by atoms with E-state index < -0.39 is 0 Å². The number of hydrogen-bond acceptors (Lipinski definition) is 2. The van der Waals surface area contributed by atoms with Crippen molar-refractivity contribution in [1.29, 1.82) is 0 Å². The Morgan fingerprint density at radius 2 is 1.86 bits per heavy atom. The summed E-state index contributed by atoms with van der Waals surface area (Å²) in [4.78, 5) is 0. The fourth-order valence-corrected chi connectivity index (χ4v) is 2.48. The molecule has 0 aliphatic rings. The van der Waals surface area contributed by atoms with E-state index in [1.54, 1.807) is 13.2 Å². The molecule has 0 saturated heterocycles. The van der Waals surface area contributed by atoms with Crippen LogP contribution in [0.2, 0.25) is 0 Å². The summed E-state index contributed by atoms with van der Waals surface area (Å²) in [5.41, 5.74) is 1.31. The first-order valence-electron chi connectivity index (χ1n) is 7.00. The number of benzene rings is 2. The number of nitrogens with zero attached hydrogens (tertiary/aromatic N) is 1. The van der Waals surface area contributed by atoms with Gasteiger partial charge >= 0.3 is 0 Å². The lowest BCUT2D eigenvalue weighted by atomic mass is 10.1. The van der Waals surface area contributed by atoms with E-state index in [0.717, 1.165) is 23.7 Å². The van der Waals surface area contributed by atoms with Crippen LogP contribution in [0.25, 0.3) is 10.8 Å². The first kappa shape index (κ1) is 13.4. The fraction of sp³-hybridized carbons (Fsp3) is 0.167. The minimum Gasteiger partial charge on any atom is -0.504 e. The van der Waals surface area contributed by atoms with Gasteiger partial charge in [-0.25, -0.2) is 4.57 Å². The van der Waals surface area contributed by atoms with Crippen LogP contribution < -0.4 is 9.30 Å². The van der Waals surface area contributed by atoms with Crippen molar-refractivity contribution in [2.24, 2.45) is 0 Å². The van der Waals surface area contributed by atoms with Crippen molar-refractivity contribution < 1.29 is 14.4 Å². The summed E-state index contributed by atoms with van der Waals surface area (Å²) in [5, 5.41) is 12.0. The molecule has 1 aromatic heterocycles. The third-order valence-electron chi connectivity index (χ3n) is 3.68. The van der Waals surface area contributed by atoms with Gasteiger partial charge < -0.3 is 9.84 Å². The fourth-order valence-electron chi connectivity index (χ4n) is 2.48. The van der Waals surface area contributed by atoms with E-state index in [1.165, 1.54) is 5.56 Å². The Morgan fingerprint density at radius 3 is 2.62 bits per heavy atom. The average Bonchev–Trinajstić information content (AvgIpc) is 2.54. The number of rotatable bonds is 4. The monoisotopic (exact) mass is 280 g/mol. The molecule has 0 atom stereocenters. The smallest absolute Gasteiger partial charge is 0.180 e. The predicted molar refractivity (Wildman–Crippen MR) is 82.5 cm³/mol. The van der Waals surface area contributed by atoms with Crippen molar-refractivity contribution in [2.75, 3.05) is 7.11 Å². The Morgan fingerprint density at radius 1 is 1.05 bits per heavy atom. The molecule has 0 radical (unpaired) electrons. The minimum atomic E-state index is 0.198. The maximum absolute atomic E-state index is 10.2. The topological polar surface area (TPSA) is 33.3 Å². The van der Waals surface area contributed by atoms with E-state index in [1.807, 2.05) is 30.6 Å². The molecule has 0 saturated carbocycles. The molecular formula is C18H18NO2+. The van der Waals surface area contributed by atoms with E-state index in [9.17, 15) is 5.11 Å². The zero-order chi connectivity index (χ0) is 14.7. The SMILES string of the molecule is COc1ccc2cc[n+](CCc3ccccc3)cc2c1O. The van der Waals surface area contributed by atoms with Crippen LogP contribution in [-0.2, 0) is 13.0 Å². The van der Waals surface area contributed by atoms with Crippen molar-refractivity contribution >= 4 is 10.8 Å². The lowest BCUT2D eigenvalue weighted by molar-refractivity contribution is -0.695. The van der Waals surface area contributed by atoms with E-state index in [0.29, 0.717) is 5.75 Å². The standard InChI is InChI=1S/C18H17NO2/c1-21-17-8-7-15-10-12-19(13-16(15)18(17)20)11-9-14-5-3-2-4-6-14/h2-8,10,12-13H,9,11H2,1H3/p+1. The predicted octanol–water partition coefficient (Wildman–Crippen LogP) is 3.08. The summed E-state index contributed by atoms with van der Waals surface area (Å²) in [6.07, 6.45) is 4.97. The first-order valence-corrected chi connectivity index (χ1v) is 7.00. The molecule has 1 N–H and O–H groups in total. The van der Waals surface area contributed by atoms with Crippen LogP contribution in [0.1, 0.15) is 5.56 Å². The molecular weight excluding hydrogens is 262 g/mol. The summed E-state index contributed by atoms with van der Waals surface area (Å²) in [5.74, 6) is 0.701. The molecule has 3 rings (SSSR count). The molecule has 106 valence electrons. The number of hydrogen-bond donors (Lipinski definition) is 1. The van der Waals surface area contributed by atoms with Crippen molar-refractivity contribution in [3.8, 4) is 11.5 Å². The van der Waals surface area contributed by atoms with Crippen LogP contribution in [0.15, 0.2) is 60.9 Å². The highest BCUT2D eigenvalue weighted by atomic mass is 16.5. The van der Waals surface area contributed by atoms with Gasteiger partial charge in [0.05, 0.1) is 12.5 Å². The van der Waals surface area contributed by atoms with Crippen LogP contribution in [0, 0.1) is 0 Å². The maximum Gasteiger partial charge on any atom is 0.180 e. The zero-order valence-corrected chi connectivity index (χ0v) is 12.0. The lowest BCUT2D eigenvalue weighted by Gasteiger charge is -2.06. The molecule has 0 aliphatic heterocycles. The number of methoxy groups -OCH3 is 1. The third-order valence-corrected chi connectivity index (χ3v) is 3.68. The van der Waals surface area contributed by atoms with Crippen molar-refractivity contribution in [1.82, 2.24) is 0 Å². The van der Waals surface area contributed by atoms with Crippen molar-refractivity contribution in [3.63, 3.8) is 0 Å². The number of pyridine rings is 1. The summed E-state index contributed by atoms with van der Waals surface area (Å²) >= 11 is 0. The van der Waals surface area contributed by atoms with Gasteiger partial charge in [-0.2, -0.15) is 0 Å². The van der Waals surface area contributed by atoms with E-state index in [-0.39, 0.29) is 5.75 Å². The Labute approximate surface area is 124 Å². The van der Waals surface area contributed by atoms with E-state index >= 15 is 0 Å². The molecule has 0 bridgehead atoms. The molecule has 3 aromatic rings. The van der Waals surface area contributed by atoms with Crippen molar-refractivity contribution in [2.45, 2.75) is 13.0 Å². The number of phenolic OH excluding ortho intramolecular Hbond substituents is 1. The third kappa shape index (κ3) is 2.82. The molecule has 3 nitrogen and oxygen atoms in total. The van der Waals surface area contributed by atoms with Crippen LogP contribution in [0.3, 0.4) is 0 Å². The molecule has 0 spiro atoms. The van der Waals surface area contributed by atoms with Gasteiger partial charge in [-0.3, -0.25) is 0 Å². The van der Waals surface area contributed by atoms with Gasteiger partial charge in [0, 0.05) is 12.5 Å². The molecule has 1 heterocycles. The Kier molecular flexibility index (Phi) is 3.73. The van der Waals surface area contributed by atoms with Gasteiger partial charge in [-0.1, -0.05) is 30.3 Å². The number of aromatic nitrogens is 1. The van der Waals surface area contributed by atoms with Gasteiger partial charge in [0.15, 0.2) is 30.4 Å². The Hall–Kier alpha value is -2.55. The largest absolute Gasteiger partial charge is 0.504 e. The number of fused-ring (bicyclic) bond motifs is 1. The molecule has 0 fully saturated rings. The van der Waals surface area contributed by atoms with Crippen LogP contribution >= 0.6 is 0 Å². The average molecular weight is 280 g/mol. The minimum absolute atomic E-state index is 0.198. The van der Waals surface area contributed by atoms with Gasteiger partial charge in [-0.15, -0.1) is 0 Å². The second-order valence-corrected chi connectivity index (χ2v) is 5.04. The summed E-state index contributed by atoms with van der Waals surface area (Å²) < 4.78 is 7.25. The number of ether oxygens (including phenoxy) is 1. The molecule has 0 unspecified atom stereocenters. The van der Waals surface area contributed by atoms with Crippen LogP contribution in [-0.4, -0.2) is 12.2 Å². The highest BCUT2D eigenvalue weighted by molar-refractivity contribution is 5.88. The van der Waals surface area contributed by atoms with Crippen LogP contribution in [0.5, 0.6) is 11.5 Å². The van der Waals surface area contributed by atoms with Crippen molar-refractivity contribution in [3.05, 3.63) is 66.5 Å². The van der Waals surface area contributed by atoms with E-state index in [2.05, 4.69) is 28.8 Å². The second-order valence-electron chi connectivity index (χ2n) is 5.04. The highest BCUT2D eigenvalue weighted by Gasteiger charge is 2.11. The first-order chi connectivity index (χ1) is 10.3. The quantitative estimate of drug-likeness (QED) is 0.745. The molecule has 0 amide bonds. The Bertz CT molecular complexity index is 754. The van der Waals surface area contributed by atoms with Crippen LogP contribution in [0.4, 0.5) is 0 Å². The number of phenols is 1. The van der Waals surface area contributed by atoms with Gasteiger partial charge in [0.2, 0.25) is 0 Å². The van der Waals surface area contributed by atoms with E-state index in [4.69, 9.17) is 4.74 Å².